The Morgan fingerprint density at radius 2 is 1.63 bits per heavy atom. The van der Waals surface area contributed by atoms with Crippen LogP contribution in [0.4, 0.5) is 24.5 Å². The maximum atomic E-state index is 12.5. The van der Waals surface area contributed by atoms with Gasteiger partial charge in [0.05, 0.1) is 24.1 Å². The Hall–Kier alpha value is -1.17. The van der Waals surface area contributed by atoms with Crippen LogP contribution < -0.4 is 14.9 Å². The molecule has 0 saturated carbocycles. The minimum Gasteiger partial charge on any atom is -0.325 e. The Labute approximate surface area is 179 Å². The van der Waals surface area contributed by atoms with Gasteiger partial charge in [-0.15, -0.1) is 0 Å². The van der Waals surface area contributed by atoms with E-state index in [4.69, 9.17) is 0 Å². The van der Waals surface area contributed by atoms with Crippen molar-refractivity contribution in [1.29, 1.82) is 0 Å². The van der Waals surface area contributed by atoms with E-state index in [2.05, 4.69) is 5.32 Å². The van der Waals surface area contributed by atoms with Gasteiger partial charge in [0.2, 0.25) is 11.8 Å². The molecule has 0 atom stereocenters. The maximum Gasteiger partial charge on any atom is 0.516 e. The Kier molecular flexibility index (Phi) is 7.48. The van der Waals surface area contributed by atoms with Gasteiger partial charge in [-0.3, -0.25) is 14.4 Å². The van der Waals surface area contributed by atoms with E-state index in [1.165, 1.54) is 14.0 Å². The first-order chi connectivity index (χ1) is 12.1. The summed E-state index contributed by atoms with van der Waals surface area (Å²) in [6.45, 7) is 2.38. The molecule has 150 valence electrons. The highest BCUT2D eigenvalue weighted by Gasteiger charge is 2.47. The smallest absolute Gasteiger partial charge is 0.325 e. The van der Waals surface area contributed by atoms with Crippen molar-refractivity contribution in [2.24, 2.45) is 0 Å². The molecule has 8 nitrogen and oxygen atoms in total. The molecule has 14 heteroatoms. The number of alkyl halides is 3. The van der Waals surface area contributed by atoms with Gasteiger partial charge in [-0.05, 0) is 51.2 Å². The number of anilines is 2. The molecule has 0 saturated heterocycles. The standard InChI is InChI=1S/C13H12F3I2N3O5S/c1-5(22)19-8-4-7(12(24)20-27(25,26)13(14,15)16)9(17)11(10(8)18)21(3)6(2)23/h4H,1-3H3,(H,19,22)(H,20,24). The van der Waals surface area contributed by atoms with Gasteiger partial charge < -0.3 is 10.2 Å². The summed E-state index contributed by atoms with van der Waals surface area (Å²) in [5.41, 5.74) is -5.99. The largest absolute Gasteiger partial charge is 0.516 e. The van der Waals surface area contributed by atoms with Crippen molar-refractivity contribution in [1.82, 2.24) is 4.72 Å². The van der Waals surface area contributed by atoms with E-state index in [-0.39, 0.29) is 14.9 Å². The number of sulfonamides is 1. The van der Waals surface area contributed by atoms with Crippen LogP contribution in [0.25, 0.3) is 0 Å². The lowest BCUT2D eigenvalue weighted by atomic mass is 10.1. The Morgan fingerprint density at radius 3 is 2.04 bits per heavy atom. The van der Waals surface area contributed by atoms with Gasteiger partial charge in [-0.1, -0.05) is 0 Å². The quantitative estimate of drug-likeness (QED) is 0.496. The van der Waals surface area contributed by atoms with Crippen molar-refractivity contribution in [2.45, 2.75) is 19.4 Å². The van der Waals surface area contributed by atoms with E-state index in [9.17, 15) is 36.0 Å². The van der Waals surface area contributed by atoms with Gasteiger partial charge in [0.1, 0.15) is 0 Å². The number of carbonyl (C=O) groups excluding carboxylic acids is 3. The molecule has 0 aliphatic carbocycles. The number of hydrogen-bond acceptors (Lipinski definition) is 5. The van der Waals surface area contributed by atoms with E-state index in [0.29, 0.717) is 3.57 Å². The molecule has 27 heavy (non-hydrogen) atoms. The van der Waals surface area contributed by atoms with Crippen molar-refractivity contribution in [3.05, 3.63) is 18.8 Å². The number of benzene rings is 1. The first-order valence-corrected chi connectivity index (χ1v) is 10.4. The molecule has 2 N–H and O–H groups in total. The molecular formula is C13H12F3I2N3O5S. The topological polar surface area (TPSA) is 113 Å². The summed E-state index contributed by atoms with van der Waals surface area (Å²) >= 11 is 3.39. The summed E-state index contributed by atoms with van der Waals surface area (Å²) in [4.78, 5) is 36.4. The molecule has 0 heterocycles. The fourth-order valence-corrected chi connectivity index (χ4v) is 4.70. The molecule has 1 rings (SSSR count). The molecule has 0 unspecified atom stereocenters. The van der Waals surface area contributed by atoms with Crippen LogP contribution in [0.1, 0.15) is 24.2 Å². The van der Waals surface area contributed by atoms with Crippen LogP contribution in [0.3, 0.4) is 0 Å². The Balaban J connectivity index is 3.63. The van der Waals surface area contributed by atoms with Crippen LogP contribution in [-0.2, 0) is 19.6 Å². The van der Waals surface area contributed by atoms with Gasteiger partial charge in [-0.2, -0.15) is 21.6 Å². The fraction of sp³-hybridized carbons (Fsp3) is 0.308. The summed E-state index contributed by atoms with van der Waals surface area (Å²) in [6.07, 6.45) is 0. The van der Waals surface area contributed by atoms with Gasteiger partial charge in [0.25, 0.3) is 5.91 Å². The number of rotatable bonds is 4. The zero-order chi connectivity index (χ0) is 21.3. The van der Waals surface area contributed by atoms with Crippen molar-refractivity contribution in [3.63, 3.8) is 0 Å². The molecule has 3 amide bonds. The van der Waals surface area contributed by atoms with Crippen molar-refractivity contribution < 1.29 is 36.0 Å². The second-order valence-electron chi connectivity index (χ2n) is 5.09. The number of halogens is 5. The summed E-state index contributed by atoms with van der Waals surface area (Å²) in [5, 5.41) is 2.38. The number of nitrogens with zero attached hydrogens (tertiary/aromatic N) is 1. The molecular weight excluding hydrogens is 621 g/mol. The molecule has 0 bridgehead atoms. The van der Waals surface area contributed by atoms with E-state index in [1.54, 1.807) is 45.2 Å². The zero-order valence-electron chi connectivity index (χ0n) is 13.9. The number of amides is 3. The van der Waals surface area contributed by atoms with Crippen molar-refractivity contribution >= 4 is 84.3 Å². The van der Waals surface area contributed by atoms with Crippen LogP contribution in [0.15, 0.2) is 6.07 Å². The van der Waals surface area contributed by atoms with Crippen LogP contribution in [-0.4, -0.2) is 38.7 Å². The predicted octanol–water partition coefficient (Wildman–Crippen LogP) is 2.42. The van der Waals surface area contributed by atoms with Gasteiger partial charge >= 0.3 is 15.5 Å². The van der Waals surface area contributed by atoms with Gasteiger partial charge in [0, 0.05) is 20.9 Å². The Bertz CT molecular complexity index is 919. The first kappa shape index (κ1) is 23.9. The van der Waals surface area contributed by atoms with E-state index >= 15 is 0 Å². The van der Waals surface area contributed by atoms with Gasteiger partial charge in [0.15, 0.2) is 0 Å². The molecule has 1 aromatic carbocycles. The lowest BCUT2D eigenvalue weighted by molar-refractivity contribution is -0.116. The van der Waals surface area contributed by atoms with Crippen molar-refractivity contribution in [3.8, 4) is 0 Å². The normalized spacial score (nSPS) is 11.7. The number of nitrogens with one attached hydrogen (secondary N) is 2. The average molecular weight is 633 g/mol. The van der Waals surface area contributed by atoms with E-state index in [1.807, 2.05) is 0 Å². The molecule has 0 radical (unpaired) electrons. The number of carbonyl (C=O) groups is 3. The fourth-order valence-electron chi connectivity index (χ4n) is 1.76. The van der Waals surface area contributed by atoms with Crippen LogP contribution in [0.2, 0.25) is 0 Å². The summed E-state index contributed by atoms with van der Waals surface area (Å²) in [5.74, 6) is -2.56. The number of hydrogen-bond donors (Lipinski definition) is 2. The lowest BCUT2D eigenvalue weighted by Gasteiger charge is -2.23. The second kappa shape index (κ2) is 8.46. The van der Waals surface area contributed by atoms with E-state index < -0.39 is 38.8 Å². The van der Waals surface area contributed by atoms with Crippen LogP contribution in [0.5, 0.6) is 0 Å². The molecule has 0 spiro atoms. The summed E-state index contributed by atoms with van der Waals surface area (Å²) in [7, 11) is -4.58. The molecule has 0 fully saturated rings. The third kappa shape index (κ3) is 5.43. The van der Waals surface area contributed by atoms with Gasteiger partial charge in [-0.25, -0.2) is 4.72 Å². The monoisotopic (exact) mass is 633 g/mol. The maximum absolute atomic E-state index is 12.5. The highest BCUT2D eigenvalue weighted by Crippen LogP contribution is 2.36. The highest BCUT2D eigenvalue weighted by molar-refractivity contribution is 14.1. The first-order valence-electron chi connectivity index (χ1n) is 6.77. The SMILES string of the molecule is CC(=O)Nc1cc(C(=O)NS(=O)(=O)C(F)(F)F)c(I)c(N(C)C(C)=O)c1I. The minimum atomic E-state index is -5.93. The summed E-state index contributed by atoms with van der Waals surface area (Å²) < 4.78 is 61.3. The van der Waals surface area contributed by atoms with Crippen LogP contribution in [0, 0.1) is 7.14 Å². The minimum absolute atomic E-state index is 0.0266. The average Bonchev–Trinajstić information content (AvgIpc) is 2.47. The molecule has 1 aromatic rings. The summed E-state index contributed by atoms with van der Waals surface area (Å²) in [6, 6.07) is 1.03. The van der Waals surface area contributed by atoms with Crippen LogP contribution >= 0.6 is 45.2 Å². The predicted molar refractivity (Wildman–Crippen MR) is 108 cm³/mol. The van der Waals surface area contributed by atoms with E-state index in [0.717, 1.165) is 22.6 Å². The third-order valence-corrected chi connectivity index (χ3v) is 6.32. The van der Waals surface area contributed by atoms with Crippen molar-refractivity contribution in [2.75, 3.05) is 17.3 Å². The highest BCUT2D eigenvalue weighted by atomic mass is 127. The molecule has 0 aromatic heterocycles. The zero-order valence-corrected chi connectivity index (χ0v) is 19.0. The Morgan fingerprint density at radius 1 is 1.11 bits per heavy atom. The molecule has 0 aliphatic rings. The lowest BCUT2D eigenvalue weighted by Crippen LogP contribution is -2.40. The second-order valence-corrected chi connectivity index (χ2v) is 8.92. The third-order valence-electron chi connectivity index (χ3n) is 3.07. The molecule has 0 aliphatic heterocycles.